The summed E-state index contributed by atoms with van der Waals surface area (Å²) in [7, 11) is 0. The molecule has 0 aliphatic rings. The van der Waals surface area contributed by atoms with Gasteiger partial charge in [-0.05, 0) is 29.3 Å². The Morgan fingerprint density at radius 1 is 1.26 bits per heavy atom. The Balaban J connectivity index is 2.41. The minimum atomic E-state index is -0.728. The van der Waals surface area contributed by atoms with Crippen LogP contribution < -0.4 is 5.73 Å². The number of benzene rings is 1. The van der Waals surface area contributed by atoms with Gasteiger partial charge in [0.2, 0.25) is 0 Å². The standard InChI is InChI=1S/C15H11N3O/c16-9-14(15(17)19)8-11-3-1-4-12(7-11)13-5-2-6-18-10-13/h1-8,10H,(H2,17,19). The van der Waals surface area contributed by atoms with Crippen molar-refractivity contribution in [1.29, 1.82) is 5.26 Å². The molecule has 0 fully saturated rings. The third kappa shape index (κ3) is 3.05. The van der Waals surface area contributed by atoms with E-state index in [1.807, 2.05) is 30.3 Å². The summed E-state index contributed by atoms with van der Waals surface area (Å²) >= 11 is 0. The number of amides is 1. The zero-order chi connectivity index (χ0) is 13.7. The lowest BCUT2D eigenvalue weighted by atomic mass is 10.0. The summed E-state index contributed by atoms with van der Waals surface area (Å²) in [6.07, 6.45) is 4.93. The summed E-state index contributed by atoms with van der Waals surface area (Å²) < 4.78 is 0. The predicted octanol–water partition coefficient (Wildman–Crippen LogP) is 2.14. The molecule has 2 N–H and O–H groups in total. The van der Waals surface area contributed by atoms with E-state index in [0.717, 1.165) is 16.7 Å². The molecule has 0 bridgehead atoms. The van der Waals surface area contributed by atoms with Crippen molar-refractivity contribution in [1.82, 2.24) is 4.98 Å². The van der Waals surface area contributed by atoms with E-state index in [1.165, 1.54) is 6.08 Å². The van der Waals surface area contributed by atoms with Crippen LogP contribution in [0, 0.1) is 11.3 Å². The van der Waals surface area contributed by atoms with E-state index in [1.54, 1.807) is 24.5 Å². The van der Waals surface area contributed by atoms with E-state index in [9.17, 15) is 4.79 Å². The molecule has 4 heteroatoms. The zero-order valence-corrected chi connectivity index (χ0v) is 10.1. The van der Waals surface area contributed by atoms with Crippen molar-refractivity contribution in [3.63, 3.8) is 0 Å². The summed E-state index contributed by atoms with van der Waals surface area (Å²) in [4.78, 5) is 15.1. The van der Waals surface area contributed by atoms with E-state index >= 15 is 0 Å². The van der Waals surface area contributed by atoms with Gasteiger partial charge < -0.3 is 5.73 Å². The number of carbonyl (C=O) groups excluding carboxylic acids is 1. The number of hydrogen-bond acceptors (Lipinski definition) is 3. The van der Waals surface area contributed by atoms with Gasteiger partial charge in [0.15, 0.2) is 0 Å². The van der Waals surface area contributed by atoms with Crippen LogP contribution in [0.3, 0.4) is 0 Å². The summed E-state index contributed by atoms with van der Waals surface area (Å²) in [6, 6.07) is 13.0. The highest BCUT2D eigenvalue weighted by molar-refractivity contribution is 6.00. The lowest BCUT2D eigenvalue weighted by Crippen LogP contribution is -2.12. The Kier molecular flexibility index (Phi) is 3.70. The highest BCUT2D eigenvalue weighted by Gasteiger charge is 2.04. The van der Waals surface area contributed by atoms with Crippen LogP contribution in [-0.2, 0) is 4.79 Å². The predicted molar refractivity (Wildman–Crippen MR) is 72.5 cm³/mol. The average Bonchev–Trinajstić information content (AvgIpc) is 2.45. The van der Waals surface area contributed by atoms with Crippen molar-refractivity contribution in [3.05, 3.63) is 59.9 Å². The van der Waals surface area contributed by atoms with Gasteiger partial charge in [0.05, 0.1) is 0 Å². The van der Waals surface area contributed by atoms with E-state index in [4.69, 9.17) is 11.0 Å². The SMILES string of the molecule is N#CC(=Cc1cccc(-c2cccnc2)c1)C(N)=O. The van der Waals surface area contributed by atoms with Crippen molar-refractivity contribution in [2.24, 2.45) is 5.73 Å². The fourth-order valence-corrected chi connectivity index (χ4v) is 1.67. The van der Waals surface area contributed by atoms with Crippen LogP contribution >= 0.6 is 0 Å². The third-order valence-corrected chi connectivity index (χ3v) is 2.58. The Hall–Kier alpha value is -2.93. The van der Waals surface area contributed by atoms with Crippen molar-refractivity contribution >= 4 is 12.0 Å². The molecule has 0 aliphatic carbocycles. The molecule has 0 aliphatic heterocycles. The van der Waals surface area contributed by atoms with Crippen LogP contribution in [-0.4, -0.2) is 10.9 Å². The number of hydrogen-bond donors (Lipinski definition) is 1. The zero-order valence-electron chi connectivity index (χ0n) is 10.1. The van der Waals surface area contributed by atoms with E-state index < -0.39 is 5.91 Å². The van der Waals surface area contributed by atoms with Gasteiger partial charge in [-0.1, -0.05) is 24.3 Å². The second kappa shape index (κ2) is 5.61. The molecule has 1 amide bonds. The number of carbonyl (C=O) groups is 1. The lowest BCUT2D eigenvalue weighted by molar-refractivity contribution is -0.114. The number of nitrogens with two attached hydrogens (primary N) is 1. The fourth-order valence-electron chi connectivity index (χ4n) is 1.67. The Morgan fingerprint density at radius 2 is 2.05 bits per heavy atom. The lowest BCUT2D eigenvalue weighted by Gasteiger charge is -2.02. The number of nitriles is 1. The Morgan fingerprint density at radius 3 is 2.68 bits per heavy atom. The van der Waals surface area contributed by atoms with Crippen LogP contribution in [0.25, 0.3) is 17.2 Å². The smallest absolute Gasteiger partial charge is 0.259 e. The monoisotopic (exact) mass is 249 g/mol. The molecule has 0 radical (unpaired) electrons. The summed E-state index contributed by atoms with van der Waals surface area (Å²) in [5.74, 6) is -0.728. The molecular formula is C15H11N3O. The first-order valence-electron chi connectivity index (χ1n) is 5.63. The molecule has 1 heterocycles. The molecule has 1 aromatic carbocycles. The van der Waals surface area contributed by atoms with Crippen molar-refractivity contribution < 1.29 is 4.79 Å². The minimum Gasteiger partial charge on any atom is -0.365 e. The molecule has 0 saturated heterocycles. The second-order valence-corrected chi connectivity index (χ2v) is 3.90. The third-order valence-electron chi connectivity index (χ3n) is 2.58. The molecule has 0 saturated carbocycles. The fraction of sp³-hybridized carbons (Fsp3) is 0. The number of nitrogens with zero attached hydrogens (tertiary/aromatic N) is 2. The highest BCUT2D eigenvalue weighted by Crippen LogP contribution is 2.20. The van der Waals surface area contributed by atoms with Gasteiger partial charge in [-0.3, -0.25) is 9.78 Å². The van der Waals surface area contributed by atoms with Gasteiger partial charge in [-0.15, -0.1) is 0 Å². The van der Waals surface area contributed by atoms with E-state index in [0.29, 0.717) is 0 Å². The topological polar surface area (TPSA) is 79.8 Å². The maximum absolute atomic E-state index is 11.0. The first-order chi connectivity index (χ1) is 9.20. The molecule has 0 unspecified atom stereocenters. The van der Waals surface area contributed by atoms with Gasteiger partial charge >= 0.3 is 0 Å². The maximum Gasteiger partial charge on any atom is 0.259 e. The largest absolute Gasteiger partial charge is 0.365 e. The van der Waals surface area contributed by atoms with Crippen LogP contribution in [0.5, 0.6) is 0 Å². The highest BCUT2D eigenvalue weighted by atomic mass is 16.1. The maximum atomic E-state index is 11.0. The molecule has 92 valence electrons. The Labute approximate surface area is 110 Å². The van der Waals surface area contributed by atoms with Crippen molar-refractivity contribution in [3.8, 4) is 17.2 Å². The molecule has 0 atom stereocenters. The Bertz CT molecular complexity index is 669. The molecular weight excluding hydrogens is 238 g/mol. The molecule has 4 nitrogen and oxygen atoms in total. The van der Waals surface area contributed by atoms with Crippen LogP contribution in [0.15, 0.2) is 54.4 Å². The number of aromatic nitrogens is 1. The van der Waals surface area contributed by atoms with Crippen LogP contribution in [0.1, 0.15) is 5.56 Å². The molecule has 0 spiro atoms. The van der Waals surface area contributed by atoms with Crippen LogP contribution in [0.2, 0.25) is 0 Å². The first kappa shape index (κ1) is 12.5. The van der Waals surface area contributed by atoms with Crippen molar-refractivity contribution in [2.75, 3.05) is 0 Å². The van der Waals surface area contributed by atoms with E-state index in [-0.39, 0.29) is 5.57 Å². The van der Waals surface area contributed by atoms with Gasteiger partial charge in [0, 0.05) is 18.0 Å². The summed E-state index contributed by atoms with van der Waals surface area (Å²) in [5.41, 5.74) is 7.71. The average molecular weight is 249 g/mol. The number of rotatable bonds is 3. The van der Waals surface area contributed by atoms with Gasteiger partial charge in [0.25, 0.3) is 5.91 Å². The van der Waals surface area contributed by atoms with Gasteiger partial charge in [-0.2, -0.15) is 5.26 Å². The van der Waals surface area contributed by atoms with Crippen molar-refractivity contribution in [2.45, 2.75) is 0 Å². The quantitative estimate of drug-likeness (QED) is 0.668. The normalized spacial score (nSPS) is 10.8. The molecule has 1 aromatic heterocycles. The molecule has 2 aromatic rings. The van der Waals surface area contributed by atoms with Gasteiger partial charge in [-0.25, -0.2) is 0 Å². The molecule has 2 rings (SSSR count). The van der Waals surface area contributed by atoms with Crippen LogP contribution in [0.4, 0.5) is 0 Å². The number of primary amides is 1. The minimum absolute atomic E-state index is 0.0664. The number of pyridine rings is 1. The molecule has 19 heavy (non-hydrogen) atoms. The second-order valence-electron chi connectivity index (χ2n) is 3.90. The van der Waals surface area contributed by atoms with E-state index in [2.05, 4.69) is 4.98 Å². The van der Waals surface area contributed by atoms with Gasteiger partial charge in [0.1, 0.15) is 11.6 Å². The summed E-state index contributed by atoms with van der Waals surface area (Å²) in [5, 5.41) is 8.81. The summed E-state index contributed by atoms with van der Waals surface area (Å²) in [6.45, 7) is 0. The first-order valence-corrected chi connectivity index (χ1v) is 5.63.